The number of hydrogen-bond donors (Lipinski definition) is 1. The van der Waals surface area contributed by atoms with Crippen molar-refractivity contribution in [2.45, 2.75) is 43.4 Å². The molecule has 0 saturated carbocycles. The lowest BCUT2D eigenvalue weighted by Gasteiger charge is -2.20. The Hall–Kier alpha value is -1.96. The first kappa shape index (κ1) is 21.7. The molecule has 1 aliphatic heterocycles. The summed E-state index contributed by atoms with van der Waals surface area (Å²) in [5, 5.41) is 2.79. The zero-order valence-electron chi connectivity index (χ0n) is 16.0. The van der Waals surface area contributed by atoms with Crippen LogP contribution in [0.15, 0.2) is 47.4 Å². The van der Waals surface area contributed by atoms with Gasteiger partial charge in [0.05, 0.1) is 15.6 Å². The van der Waals surface area contributed by atoms with Crippen LogP contribution in [-0.2, 0) is 21.2 Å². The lowest BCUT2D eigenvalue weighted by atomic mass is 10.1. The molecule has 2 aromatic carbocycles. The molecule has 8 heteroatoms. The van der Waals surface area contributed by atoms with Gasteiger partial charge in [0.1, 0.15) is 5.82 Å². The van der Waals surface area contributed by atoms with Gasteiger partial charge in [0.2, 0.25) is 15.9 Å². The molecule has 1 fully saturated rings. The van der Waals surface area contributed by atoms with Gasteiger partial charge in [-0.2, -0.15) is 4.31 Å². The predicted molar refractivity (Wildman–Crippen MR) is 112 cm³/mol. The molecule has 0 aliphatic carbocycles. The van der Waals surface area contributed by atoms with Crippen LogP contribution >= 0.6 is 11.6 Å². The van der Waals surface area contributed by atoms with Gasteiger partial charge in [0.15, 0.2) is 0 Å². The number of anilines is 1. The molecular weight excluding hydrogens is 415 g/mol. The Morgan fingerprint density at radius 3 is 2.31 bits per heavy atom. The number of hydrogen-bond acceptors (Lipinski definition) is 3. The predicted octanol–water partition coefficient (Wildman–Crippen LogP) is 4.62. The maximum atomic E-state index is 13.1. The molecule has 0 radical (unpaired) electrons. The number of halogens is 2. The van der Waals surface area contributed by atoms with Crippen molar-refractivity contribution < 1.29 is 17.6 Å². The normalized spacial score (nSPS) is 15.7. The largest absolute Gasteiger partial charge is 0.325 e. The second-order valence-electron chi connectivity index (χ2n) is 7.13. The molecule has 1 amide bonds. The average Bonchev–Trinajstić information content (AvgIpc) is 2.99. The number of amides is 1. The first-order valence-corrected chi connectivity index (χ1v) is 11.5. The molecule has 156 valence electrons. The lowest BCUT2D eigenvalue weighted by Crippen LogP contribution is -2.31. The van der Waals surface area contributed by atoms with E-state index in [4.69, 9.17) is 11.6 Å². The van der Waals surface area contributed by atoms with E-state index in [2.05, 4.69) is 5.32 Å². The van der Waals surface area contributed by atoms with Gasteiger partial charge in [-0.3, -0.25) is 4.79 Å². The van der Waals surface area contributed by atoms with Crippen molar-refractivity contribution in [3.05, 3.63) is 58.9 Å². The van der Waals surface area contributed by atoms with Crippen molar-refractivity contribution >= 4 is 33.2 Å². The molecule has 0 spiro atoms. The summed E-state index contributed by atoms with van der Waals surface area (Å²) in [5.74, 6) is -0.719. The van der Waals surface area contributed by atoms with Gasteiger partial charge < -0.3 is 5.32 Å². The monoisotopic (exact) mass is 438 g/mol. The van der Waals surface area contributed by atoms with E-state index in [-0.39, 0.29) is 22.2 Å². The standard InChI is InChI=1S/C21H24ClFN2O3S/c22-19-15-17(23)8-11-20(19)24-21(26)12-7-16-5-9-18(10-6-16)29(27,28)25-13-3-1-2-4-14-25/h5-6,8-11,15H,1-4,7,12-14H2,(H,24,26). The summed E-state index contributed by atoms with van der Waals surface area (Å²) in [5.41, 5.74) is 1.22. The first-order valence-electron chi connectivity index (χ1n) is 9.70. The number of nitrogens with one attached hydrogen (secondary N) is 1. The van der Waals surface area contributed by atoms with Crippen LogP contribution in [0.1, 0.15) is 37.7 Å². The SMILES string of the molecule is O=C(CCc1ccc(S(=O)(=O)N2CCCCCC2)cc1)Nc1ccc(F)cc1Cl. The van der Waals surface area contributed by atoms with E-state index in [1.165, 1.54) is 12.1 Å². The van der Waals surface area contributed by atoms with E-state index in [9.17, 15) is 17.6 Å². The number of rotatable bonds is 6. The second kappa shape index (κ2) is 9.69. The van der Waals surface area contributed by atoms with E-state index in [1.54, 1.807) is 28.6 Å². The van der Waals surface area contributed by atoms with E-state index in [0.29, 0.717) is 25.2 Å². The van der Waals surface area contributed by atoms with Crippen LogP contribution < -0.4 is 5.32 Å². The van der Waals surface area contributed by atoms with Gasteiger partial charge in [-0.1, -0.05) is 36.6 Å². The highest BCUT2D eigenvalue weighted by molar-refractivity contribution is 7.89. The highest BCUT2D eigenvalue weighted by Crippen LogP contribution is 2.23. The van der Waals surface area contributed by atoms with Crippen LogP contribution in [0.2, 0.25) is 5.02 Å². The third kappa shape index (κ3) is 5.78. The van der Waals surface area contributed by atoms with Crippen LogP contribution in [0.3, 0.4) is 0 Å². The van der Waals surface area contributed by atoms with Crippen LogP contribution in [0.25, 0.3) is 0 Å². The first-order chi connectivity index (χ1) is 13.9. The molecular formula is C21H24ClFN2O3S. The highest BCUT2D eigenvalue weighted by Gasteiger charge is 2.24. The number of sulfonamides is 1. The van der Waals surface area contributed by atoms with Crippen molar-refractivity contribution in [1.82, 2.24) is 4.31 Å². The number of benzene rings is 2. The van der Waals surface area contributed by atoms with Gasteiger partial charge in [-0.05, 0) is 55.2 Å². The number of carbonyl (C=O) groups is 1. The Kier molecular flexibility index (Phi) is 7.27. The minimum Gasteiger partial charge on any atom is -0.325 e. The van der Waals surface area contributed by atoms with Gasteiger partial charge in [-0.25, -0.2) is 12.8 Å². The van der Waals surface area contributed by atoms with Crippen LogP contribution in [-0.4, -0.2) is 31.7 Å². The van der Waals surface area contributed by atoms with Crippen molar-refractivity contribution in [1.29, 1.82) is 0 Å². The molecule has 29 heavy (non-hydrogen) atoms. The van der Waals surface area contributed by atoms with Gasteiger partial charge in [0, 0.05) is 19.5 Å². The molecule has 1 aliphatic rings. The van der Waals surface area contributed by atoms with E-state index >= 15 is 0 Å². The van der Waals surface area contributed by atoms with Crippen LogP contribution in [0.4, 0.5) is 10.1 Å². The molecule has 0 unspecified atom stereocenters. The Bertz CT molecular complexity index is 956. The quantitative estimate of drug-likeness (QED) is 0.715. The van der Waals surface area contributed by atoms with Crippen molar-refractivity contribution in [3.63, 3.8) is 0 Å². The summed E-state index contributed by atoms with van der Waals surface area (Å²) in [6, 6.07) is 10.5. The molecule has 3 rings (SSSR count). The van der Waals surface area contributed by atoms with E-state index in [0.717, 1.165) is 37.3 Å². The molecule has 0 bridgehead atoms. The molecule has 0 aromatic heterocycles. The molecule has 2 aromatic rings. The van der Waals surface area contributed by atoms with Crippen LogP contribution in [0, 0.1) is 5.82 Å². The van der Waals surface area contributed by atoms with Gasteiger partial charge in [-0.15, -0.1) is 0 Å². The molecule has 1 N–H and O–H groups in total. The zero-order chi connectivity index (χ0) is 20.9. The van der Waals surface area contributed by atoms with Gasteiger partial charge >= 0.3 is 0 Å². The Morgan fingerprint density at radius 1 is 1.03 bits per heavy atom. The maximum Gasteiger partial charge on any atom is 0.243 e. The molecule has 1 saturated heterocycles. The van der Waals surface area contributed by atoms with Crippen molar-refractivity contribution in [3.8, 4) is 0 Å². The van der Waals surface area contributed by atoms with Crippen LogP contribution in [0.5, 0.6) is 0 Å². The maximum absolute atomic E-state index is 13.1. The van der Waals surface area contributed by atoms with E-state index in [1.807, 2.05) is 0 Å². The number of carbonyl (C=O) groups excluding carboxylic acids is 1. The Labute approximate surface area is 175 Å². The smallest absolute Gasteiger partial charge is 0.243 e. The lowest BCUT2D eigenvalue weighted by molar-refractivity contribution is -0.116. The second-order valence-corrected chi connectivity index (χ2v) is 9.48. The van der Waals surface area contributed by atoms with Crippen molar-refractivity contribution in [2.24, 2.45) is 0 Å². The fraction of sp³-hybridized carbons (Fsp3) is 0.381. The fourth-order valence-corrected chi connectivity index (χ4v) is 5.05. The summed E-state index contributed by atoms with van der Waals surface area (Å²) in [6.45, 7) is 1.13. The summed E-state index contributed by atoms with van der Waals surface area (Å²) >= 11 is 5.91. The minimum absolute atomic E-state index is 0.140. The Morgan fingerprint density at radius 2 is 1.69 bits per heavy atom. The fourth-order valence-electron chi connectivity index (χ4n) is 3.32. The van der Waals surface area contributed by atoms with Gasteiger partial charge in [0.25, 0.3) is 0 Å². The third-order valence-electron chi connectivity index (χ3n) is 4.97. The number of aryl methyl sites for hydroxylation is 1. The third-order valence-corrected chi connectivity index (χ3v) is 7.20. The minimum atomic E-state index is -3.47. The number of nitrogens with zero attached hydrogens (tertiary/aromatic N) is 1. The average molecular weight is 439 g/mol. The summed E-state index contributed by atoms with van der Waals surface area (Å²) in [6.07, 6.45) is 4.57. The Balaban J connectivity index is 1.58. The summed E-state index contributed by atoms with van der Waals surface area (Å²) in [4.78, 5) is 12.4. The molecule has 0 atom stereocenters. The van der Waals surface area contributed by atoms with Crippen molar-refractivity contribution in [2.75, 3.05) is 18.4 Å². The molecule has 1 heterocycles. The summed E-state index contributed by atoms with van der Waals surface area (Å²) in [7, 11) is -3.47. The van der Waals surface area contributed by atoms with E-state index < -0.39 is 15.8 Å². The summed E-state index contributed by atoms with van der Waals surface area (Å²) < 4.78 is 40.2. The highest BCUT2D eigenvalue weighted by atomic mass is 35.5. The molecule has 5 nitrogen and oxygen atoms in total. The topological polar surface area (TPSA) is 66.5 Å². The zero-order valence-corrected chi connectivity index (χ0v) is 17.6.